The second kappa shape index (κ2) is 4.09. The van der Waals surface area contributed by atoms with Crippen molar-refractivity contribution in [3.05, 3.63) is 12.2 Å². The van der Waals surface area contributed by atoms with Crippen LogP contribution in [0.25, 0.3) is 0 Å². The third-order valence-corrected chi connectivity index (χ3v) is 6.53. The van der Waals surface area contributed by atoms with E-state index in [0.717, 1.165) is 5.57 Å². The molecule has 0 N–H and O–H groups in total. The predicted octanol–water partition coefficient (Wildman–Crippen LogP) is 3.57. The molecule has 0 rings (SSSR count). The summed E-state index contributed by atoms with van der Waals surface area (Å²) in [4.78, 5) is 0. The van der Waals surface area contributed by atoms with E-state index in [9.17, 15) is 0 Å². The molecular formula is C10H21NOSi. The molecule has 0 aliphatic carbocycles. The summed E-state index contributed by atoms with van der Waals surface area (Å²) in [6, 6.07) is 0. The first kappa shape index (κ1) is 12.4. The van der Waals surface area contributed by atoms with Crippen LogP contribution in [0, 0.1) is 0 Å². The number of rotatable bonds is 3. The van der Waals surface area contributed by atoms with E-state index in [0.29, 0.717) is 0 Å². The van der Waals surface area contributed by atoms with Gasteiger partial charge in [0.2, 0.25) is 0 Å². The van der Waals surface area contributed by atoms with Crippen LogP contribution in [-0.2, 0) is 4.53 Å². The van der Waals surface area contributed by atoms with Gasteiger partial charge in [0, 0.05) is 0 Å². The molecule has 0 aliphatic rings. The molecule has 0 saturated heterocycles. The second-order valence-corrected chi connectivity index (χ2v) is 9.64. The monoisotopic (exact) mass is 199 g/mol. The SMILES string of the molecule is C=C(C)/C=N/O[Si](C)(C)C(C)(C)C. The highest BCUT2D eigenvalue weighted by atomic mass is 28.4. The fourth-order valence-electron chi connectivity index (χ4n) is 0.385. The quantitative estimate of drug-likeness (QED) is 0.387. The van der Waals surface area contributed by atoms with Crippen LogP contribution in [0.1, 0.15) is 27.7 Å². The lowest BCUT2D eigenvalue weighted by atomic mass is 10.2. The van der Waals surface area contributed by atoms with Crippen molar-refractivity contribution in [2.24, 2.45) is 5.16 Å². The van der Waals surface area contributed by atoms with E-state index in [-0.39, 0.29) is 5.04 Å². The first-order valence-corrected chi connectivity index (χ1v) is 7.45. The van der Waals surface area contributed by atoms with Gasteiger partial charge in [0.15, 0.2) is 0 Å². The molecule has 3 heteroatoms. The van der Waals surface area contributed by atoms with Crippen LogP contribution < -0.4 is 0 Å². The third-order valence-electron chi connectivity index (χ3n) is 2.36. The van der Waals surface area contributed by atoms with Crippen LogP contribution in [-0.4, -0.2) is 14.5 Å². The van der Waals surface area contributed by atoms with Gasteiger partial charge in [0.05, 0.1) is 6.21 Å². The zero-order valence-electron chi connectivity index (χ0n) is 9.64. The first-order chi connectivity index (χ1) is 5.67. The van der Waals surface area contributed by atoms with E-state index in [1.165, 1.54) is 0 Å². The number of allylic oxidation sites excluding steroid dienone is 1. The Morgan fingerprint density at radius 3 is 2.15 bits per heavy atom. The van der Waals surface area contributed by atoms with Crippen LogP contribution in [0.3, 0.4) is 0 Å². The number of hydrogen-bond donors (Lipinski definition) is 0. The van der Waals surface area contributed by atoms with Crippen molar-refractivity contribution in [2.75, 3.05) is 0 Å². The summed E-state index contributed by atoms with van der Waals surface area (Å²) in [6.07, 6.45) is 1.67. The zero-order valence-corrected chi connectivity index (χ0v) is 10.6. The van der Waals surface area contributed by atoms with Crippen LogP contribution in [0.2, 0.25) is 18.1 Å². The van der Waals surface area contributed by atoms with E-state index in [4.69, 9.17) is 4.53 Å². The molecule has 0 bridgehead atoms. The van der Waals surface area contributed by atoms with Crippen molar-refractivity contribution in [3.8, 4) is 0 Å². The molecule has 0 aliphatic heterocycles. The fraction of sp³-hybridized carbons (Fsp3) is 0.700. The smallest absolute Gasteiger partial charge is 0.286 e. The molecule has 0 aromatic rings. The normalized spacial score (nSPS) is 13.4. The Labute approximate surface area is 82.8 Å². The molecule has 0 unspecified atom stereocenters. The molecule has 76 valence electrons. The number of hydrogen-bond acceptors (Lipinski definition) is 2. The number of oxime groups is 1. The minimum Gasteiger partial charge on any atom is -0.455 e. The molecule has 0 atom stereocenters. The lowest BCUT2D eigenvalue weighted by Gasteiger charge is -2.33. The summed E-state index contributed by atoms with van der Waals surface area (Å²) in [5, 5.41) is 4.15. The topological polar surface area (TPSA) is 21.6 Å². The van der Waals surface area contributed by atoms with Gasteiger partial charge in [0.25, 0.3) is 8.32 Å². The van der Waals surface area contributed by atoms with Gasteiger partial charge < -0.3 is 4.53 Å². The molecule has 0 spiro atoms. The molecule has 0 amide bonds. The molecule has 0 aromatic carbocycles. The first-order valence-electron chi connectivity index (χ1n) is 4.54. The number of nitrogens with zero attached hydrogens (tertiary/aromatic N) is 1. The molecule has 0 saturated carbocycles. The lowest BCUT2D eigenvalue weighted by molar-refractivity contribution is 0.310. The largest absolute Gasteiger partial charge is 0.455 e. The Balaban J connectivity index is 4.27. The highest BCUT2D eigenvalue weighted by Gasteiger charge is 2.39. The van der Waals surface area contributed by atoms with Gasteiger partial charge in [-0.2, -0.15) is 0 Å². The van der Waals surface area contributed by atoms with Crippen molar-refractivity contribution < 1.29 is 4.53 Å². The Morgan fingerprint density at radius 1 is 1.38 bits per heavy atom. The van der Waals surface area contributed by atoms with Gasteiger partial charge in [-0.1, -0.05) is 27.4 Å². The Kier molecular flexibility index (Phi) is 3.91. The molecule has 0 fully saturated rings. The highest BCUT2D eigenvalue weighted by Crippen LogP contribution is 2.36. The van der Waals surface area contributed by atoms with E-state index < -0.39 is 8.32 Å². The van der Waals surface area contributed by atoms with Crippen molar-refractivity contribution in [2.45, 2.75) is 45.8 Å². The molecule has 0 aromatic heterocycles. The maximum Gasteiger partial charge on any atom is 0.286 e. The van der Waals surface area contributed by atoms with E-state index in [1.54, 1.807) is 6.21 Å². The van der Waals surface area contributed by atoms with Crippen molar-refractivity contribution in [1.29, 1.82) is 0 Å². The minimum absolute atomic E-state index is 0.208. The maximum absolute atomic E-state index is 5.55. The van der Waals surface area contributed by atoms with Crippen molar-refractivity contribution >= 4 is 14.5 Å². The molecule has 2 nitrogen and oxygen atoms in total. The third kappa shape index (κ3) is 4.27. The maximum atomic E-state index is 5.55. The average Bonchev–Trinajstić information content (AvgIpc) is 1.82. The van der Waals surface area contributed by atoms with Crippen LogP contribution in [0.15, 0.2) is 17.3 Å². The standard InChI is InChI=1S/C10H21NOSi/c1-9(2)8-11-12-13(6,7)10(3,4)5/h8H,1H2,2-7H3/b11-8+. The predicted molar refractivity (Wildman–Crippen MR) is 61.6 cm³/mol. The second-order valence-electron chi connectivity index (χ2n) is 4.93. The van der Waals surface area contributed by atoms with E-state index in [2.05, 4.69) is 45.6 Å². The molecule has 13 heavy (non-hydrogen) atoms. The summed E-state index contributed by atoms with van der Waals surface area (Å²) in [5.74, 6) is 0. The Hall–Kier alpha value is -0.573. The Bertz CT molecular complexity index is 213. The molecule has 0 heterocycles. The van der Waals surface area contributed by atoms with Gasteiger partial charge in [0.1, 0.15) is 0 Å². The summed E-state index contributed by atoms with van der Waals surface area (Å²) in [5.41, 5.74) is 0.915. The highest BCUT2D eigenvalue weighted by molar-refractivity contribution is 6.74. The summed E-state index contributed by atoms with van der Waals surface area (Å²) in [7, 11) is -1.71. The van der Waals surface area contributed by atoms with Gasteiger partial charge in [-0.25, -0.2) is 0 Å². The van der Waals surface area contributed by atoms with Gasteiger partial charge in [-0.05, 0) is 30.6 Å². The van der Waals surface area contributed by atoms with Gasteiger partial charge in [-0.3, -0.25) is 0 Å². The van der Waals surface area contributed by atoms with Crippen LogP contribution >= 0.6 is 0 Å². The van der Waals surface area contributed by atoms with Crippen molar-refractivity contribution in [3.63, 3.8) is 0 Å². The van der Waals surface area contributed by atoms with Crippen LogP contribution in [0.4, 0.5) is 0 Å². The zero-order chi connectivity index (χ0) is 10.7. The molecule has 0 radical (unpaired) electrons. The molecular weight excluding hydrogens is 178 g/mol. The fourth-order valence-corrected chi connectivity index (χ4v) is 0.975. The van der Waals surface area contributed by atoms with Gasteiger partial charge >= 0.3 is 0 Å². The summed E-state index contributed by atoms with van der Waals surface area (Å²) >= 11 is 0. The summed E-state index contributed by atoms with van der Waals surface area (Å²) < 4.78 is 5.55. The Morgan fingerprint density at radius 2 is 1.85 bits per heavy atom. The van der Waals surface area contributed by atoms with E-state index >= 15 is 0 Å². The van der Waals surface area contributed by atoms with E-state index in [1.807, 2.05) is 6.92 Å². The van der Waals surface area contributed by atoms with Gasteiger partial charge in [-0.15, -0.1) is 5.16 Å². The minimum atomic E-state index is -1.71. The average molecular weight is 199 g/mol. The summed E-state index contributed by atoms with van der Waals surface area (Å²) in [6.45, 7) is 16.5. The van der Waals surface area contributed by atoms with Crippen molar-refractivity contribution in [1.82, 2.24) is 0 Å². The lowest BCUT2D eigenvalue weighted by Crippen LogP contribution is -2.39. The van der Waals surface area contributed by atoms with Crippen LogP contribution in [0.5, 0.6) is 0 Å².